The third-order valence-electron chi connectivity index (χ3n) is 2.83. The van der Waals surface area contributed by atoms with E-state index in [0.717, 1.165) is 30.8 Å². The zero-order valence-corrected chi connectivity index (χ0v) is 11.0. The molecule has 0 amide bonds. The monoisotopic (exact) mass is 247 g/mol. The van der Waals surface area contributed by atoms with E-state index in [-0.39, 0.29) is 0 Å². The highest BCUT2D eigenvalue weighted by Gasteiger charge is 2.07. The predicted octanol–water partition coefficient (Wildman–Crippen LogP) is 3.58. The molecule has 1 heterocycles. The average Bonchev–Trinajstić information content (AvgIpc) is 2.72. The van der Waals surface area contributed by atoms with E-state index < -0.39 is 0 Å². The first-order valence-corrected chi connectivity index (χ1v) is 6.41. The first-order chi connectivity index (χ1) is 8.26. The third kappa shape index (κ3) is 2.47. The summed E-state index contributed by atoms with van der Waals surface area (Å²) in [7, 11) is 0. The second kappa shape index (κ2) is 5.27. The smallest absolute Gasteiger partial charge is 0.195 e. The molecule has 2 rings (SSSR count). The summed E-state index contributed by atoms with van der Waals surface area (Å²) in [5, 5.41) is 7.17. The van der Waals surface area contributed by atoms with Crippen LogP contribution in [0, 0.1) is 4.77 Å². The Balaban J connectivity index is 2.41. The first-order valence-electron chi connectivity index (χ1n) is 6.00. The summed E-state index contributed by atoms with van der Waals surface area (Å²) in [5.74, 6) is 0.930. The molecule has 90 valence electrons. The molecule has 0 bridgehead atoms. The Morgan fingerprint density at radius 2 is 1.94 bits per heavy atom. The Labute approximate surface area is 106 Å². The molecule has 0 unspecified atom stereocenters. The van der Waals surface area contributed by atoms with E-state index >= 15 is 0 Å². The minimum absolute atomic E-state index is 0.696. The molecule has 0 saturated heterocycles. The quantitative estimate of drug-likeness (QED) is 0.838. The Hall–Kier alpha value is -1.42. The van der Waals surface area contributed by atoms with Crippen LogP contribution in [0.1, 0.15) is 25.8 Å². The molecule has 1 aromatic carbocycles. The van der Waals surface area contributed by atoms with E-state index in [0.29, 0.717) is 4.77 Å². The highest BCUT2D eigenvalue weighted by Crippen LogP contribution is 2.18. The van der Waals surface area contributed by atoms with Gasteiger partial charge in [0.25, 0.3) is 0 Å². The fourth-order valence-electron chi connectivity index (χ4n) is 1.86. The topological polar surface area (TPSA) is 33.6 Å². The van der Waals surface area contributed by atoms with Gasteiger partial charge in [-0.2, -0.15) is 5.10 Å². The highest BCUT2D eigenvalue weighted by atomic mass is 32.1. The molecule has 0 radical (unpaired) electrons. The Kier molecular flexibility index (Phi) is 3.74. The molecule has 0 aliphatic heterocycles. The van der Waals surface area contributed by atoms with Crippen molar-refractivity contribution in [3.8, 4) is 11.4 Å². The summed E-state index contributed by atoms with van der Waals surface area (Å²) >= 11 is 5.23. The normalized spacial score (nSPS) is 10.7. The van der Waals surface area contributed by atoms with Gasteiger partial charge in [-0.3, -0.25) is 5.10 Å². The molecule has 4 heteroatoms. The molecule has 0 fully saturated rings. The zero-order valence-electron chi connectivity index (χ0n) is 10.2. The molecule has 0 saturated carbocycles. The summed E-state index contributed by atoms with van der Waals surface area (Å²) in [6.45, 7) is 5.20. The molecule has 3 nitrogen and oxygen atoms in total. The van der Waals surface area contributed by atoms with Crippen molar-refractivity contribution in [3.05, 3.63) is 34.6 Å². The van der Waals surface area contributed by atoms with Crippen LogP contribution in [0.15, 0.2) is 24.3 Å². The number of H-pyrrole nitrogens is 1. The predicted molar refractivity (Wildman–Crippen MR) is 72.5 cm³/mol. The fraction of sp³-hybridized carbons (Fsp3) is 0.385. The largest absolute Gasteiger partial charge is 0.300 e. The van der Waals surface area contributed by atoms with Crippen molar-refractivity contribution in [2.45, 2.75) is 33.2 Å². The Morgan fingerprint density at radius 1 is 1.24 bits per heavy atom. The zero-order chi connectivity index (χ0) is 12.3. The summed E-state index contributed by atoms with van der Waals surface area (Å²) in [6, 6.07) is 8.50. The maximum atomic E-state index is 5.23. The van der Waals surface area contributed by atoms with E-state index in [2.05, 4.69) is 52.9 Å². The summed E-state index contributed by atoms with van der Waals surface area (Å²) in [4.78, 5) is 0. The molecule has 0 atom stereocenters. The van der Waals surface area contributed by atoms with Crippen LogP contribution in [0.2, 0.25) is 0 Å². The van der Waals surface area contributed by atoms with Gasteiger partial charge >= 0.3 is 0 Å². The van der Waals surface area contributed by atoms with Crippen LogP contribution in [-0.4, -0.2) is 14.8 Å². The molecule has 2 aromatic rings. The molecular weight excluding hydrogens is 230 g/mol. The van der Waals surface area contributed by atoms with E-state index in [9.17, 15) is 0 Å². The lowest BCUT2D eigenvalue weighted by Crippen LogP contribution is -1.99. The van der Waals surface area contributed by atoms with Crippen molar-refractivity contribution in [1.82, 2.24) is 14.8 Å². The number of benzene rings is 1. The third-order valence-corrected chi connectivity index (χ3v) is 3.14. The lowest BCUT2D eigenvalue weighted by Gasteiger charge is -2.05. The number of aromatic amines is 1. The maximum absolute atomic E-state index is 5.23. The van der Waals surface area contributed by atoms with Gasteiger partial charge in [0.05, 0.1) is 0 Å². The van der Waals surface area contributed by atoms with Crippen LogP contribution in [0.25, 0.3) is 11.4 Å². The Morgan fingerprint density at radius 3 is 2.53 bits per heavy atom. The van der Waals surface area contributed by atoms with Gasteiger partial charge < -0.3 is 4.57 Å². The van der Waals surface area contributed by atoms with Gasteiger partial charge in [-0.25, -0.2) is 0 Å². The second-order valence-corrected chi connectivity index (χ2v) is 4.44. The number of hydrogen-bond acceptors (Lipinski definition) is 2. The fourth-order valence-corrected chi connectivity index (χ4v) is 2.08. The molecule has 1 aromatic heterocycles. The number of nitrogens with zero attached hydrogens (tertiary/aromatic N) is 2. The van der Waals surface area contributed by atoms with Gasteiger partial charge in [-0.1, -0.05) is 38.1 Å². The molecule has 17 heavy (non-hydrogen) atoms. The van der Waals surface area contributed by atoms with Crippen molar-refractivity contribution < 1.29 is 0 Å². The lowest BCUT2D eigenvalue weighted by molar-refractivity contribution is 0.675. The minimum Gasteiger partial charge on any atom is -0.300 e. The van der Waals surface area contributed by atoms with Gasteiger partial charge in [0.1, 0.15) is 0 Å². The van der Waals surface area contributed by atoms with E-state index in [4.69, 9.17) is 12.2 Å². The van der Waals surface area contributed by atoms with Crippen LogP contribution in [0.4, 0.5) is 0 Å². The van der Waals surface area contributed by atoms with Crippen LogP contribution < -0.4 is 0 Å². The van der Waals surface area contributed by atoms with Gasteiger partial charge in [0.15, 0.2) is 10.6 Å². The van der Waals surface area contributed by atoms with Crippen LogP contribution in [-0.2, 0) is 13.0 Å². The van der Waals surface area contributed by atoms with Crippen molar-refractivity contribution in [2.24, 2.45) is 0 Å². The summed E-state index contributed by atoms with van der Waals surface area (Å²) < 4.78 is 2.75. The van der Waals surface area contributed by atoms with Gasteiger partial charge in [-0.15, -0.1) is 0 Å². The van der Waals surface area contributed by atoms with Gasteiger partial charge in [0.2, 0.25) is 0 Å². The lowest BCUT2D eigenvalue weighted by atomic mass is 10.1. The van der Waals surface area contributed by atoms with Crippen LogP contribution >= 0.6 is 12.2 Å². The van der Waals surface area contributed by atoms with Crippen molar-refractivity contribution >= 4 is 12.2 Å². The van der Waals surface area contributed by atoms with Crippen LogP contribution in [0.3, 0.4) is 0 Å². The van der Waals surface area contributed by atoms with Crippen molar-refractivity contribution in [2.75, 3.05) is 0 Å². The average molecular weight is 247 g/mol. The van der Waals surface area contributed by atoms with E-state index in [1.807, 2.05) is 0 Å². The molecular formula is C13H17N3S. The Bertz CT molecular complexity index is 537. The number of aromatic nitrogens is 3. The SMILES string of the molecule is CCCn1c(-c2ccc(CC)cc2)n[nH]c1=S. The molecule has 1 N–H and O–H groups in total. The van der Waals surface area contributed by atoms with Crippen molar-refractivity contribution in [3.63, 3.8) is 0 Å². The minimum atomic E-state index is 0.696. The van der Waals surface area contributed by atoms with Gasteiger partial charge in [-0.05, 0) is 30.6 Å². The van der Waals surface area contributed by atoms with E-state index in [1.54, 1.807) is 0 Å². The number of aryl methyl sites for hydroxylation is 1. The molecule has 0 spiro atoms. The molecule has 0 aliphatic carbocycles. The second-order valence-electron chi connectivity index (χ2n) is 4.05. The van der Waals surface area contributed by atoms with E-state index in [1.165, 1.54) is 5.56 Å². The van der Waals surface area contributed by atoms with Gasteiger partial charge in [0, 0.05) is 12.1 Å². The highest BCUT2D eigenvalue weighted by molar-refractivity contribution is 7.71. The maximum Gasteiger partial charge on any atom is 0.195 e. The summed E-state index contributed by atoms with van der Waals surface area (Å²) in [6.07, 6.45) is 2.11. The number of nitrogens with one attached hydrogen (secondary N) is 1. The first kappa shape index (κ1) is 12.0. The molecule has 0 aliphatic rings. The van der Waals surface area contributed by atoms with Crippen molar-refractivity contribution in [1.29, 1.82) is 0 Å². The summed E-state index contributed by atoms with van der Waals surface area (Å²) in [5.41, 5.74) is 2.45. The number of hydrogen-bond donors (Lipinski definition) is 1. The van der Waals surface area contributed by atoms with Crippen LogP contribution in [0.5, 0.6) is 0 Å². The number of rotatable bonds is 4. The standard InChI is InChI=1S/C13H17N3S/c1-3-9-16-12(14-15-13(16)17)11-7-5-10(4-2)6-8-11/h5-8H,3-4,9H2,1-2H3,(H,15,17).